The van der Waals surface area contributed by atoms with Gasteiger partial charge in [0.15, 0.2) is 5.82 Å². The molecule has 1 aliphatic heterocycles. The maximum Gasteiger partial charge on any atom is 0.323 e. The van der Waals surface area contributed by atoms with E-state index >= 15 is 0 Å². The summed E-state index contributed by atoms with van der Waals surface area (Å²) in [4.78, 5) is 14.2. The number of ether oxygens (including phenoxy) is 1. The van der Waals surface area contributed by atoms with Gasteiger partial charge < -0.3 is 25.6 Å². The van der Waals surface area contributed by atoms with E-state index in [1.54, 1.807) is 30.5 Å². The second-order valence-corrected chi connectivity index (χ2v) is 6.80. The van der Waals surface area contributed by atoms with Crippen molar-refractivity contribution < 1.29 is 18.3 Å². The van der Waals surface area contributed by atoms with Crippen LogP contribution in [0, 0.1) is 11.6 Å². The average Bonchev–Trinajstić information content (AvgIpc) is 2.78. The van der Waals surface area contributed by atoms with E-state index in [9.17, 15) is 13.6 Å². The van der Waals surface area contributed by atoms with Gasteiger partial charge in [-0.15, -0.1) is 5.10 Å². The van der Waals surface area contributed by atoms with E-state index in [1.165, 1.54) is 0 Å². The fraction of sp³-hybridized carbons (Fsp3) is 0.190. The van der Waals surface area contributed by atoms with Crippen LogP contribution in [0.4, 0.5) is 42.1 Å². The zero-order valence-electron chi connectivity index (χ0n) is 16.4. The summed E-state index contributed by atoms with van der Waals surface area (Å²) in [5, 5.41) is 16.2. The summed E-state index contributed by atoms with van der Waals surface area (Å²) in [7, 11) is 0. The molecule has 1 aromatic heterocycles. The van der Waals surface area contributed by atoms with Gasteiger partial charge in [-0.1, -0.05) is 0 Å². The van der Waals surface area contributed by atoms with E-state index in [-0.39, 0.29) is 5.69 Å². The Kier molecular flexibility index (Phi) is 6.18. The van der Waals surface area contributed by atoms with Crippen molar-refractivity contribution in [1.82, 2.24) is 10.2 Å². The van der Waals surface area contributed by atoms with Crippen LogP contribution < -0.4 is 20.9 Å². The van der Waals surface area contributed by atoms with Gasteiger partial charge in [-0.3, -0.25) is 0 Å². The van der Waals surface area contributed by atoms with E-state index < -0.39 is 17.7 Å². The van der Waals surface area contributed by atoms with Gasteiger partial charge in [0.05, 0.1) is 30.8 Å². The normalized spacial score (nSPS) is 13.5. The molecule has 1 aliphatic rings. The van der Waals surface area contributed by atoms with Gasteiger partial charge in [-0.2, -0.15) is 5.10 Å². The fourth-order valence-corrected chi connectivity index (χ4v) is 3.07. The van der Waals surface area contributed by atoms with Crippen molar-refractivity contribution in [3.05, 3.63) is 66.4 Å². The molecule has 2 amide bonds. The average molecular weight is 426 g/mol. The molecule has 0 aliphatic carbocycles. The first kappa shape index (κ1) is 20.5. The zero-order chi connectivity index (χ0) is 21.6. The monoisotopic (exact) mass is 426 g/mol. The van der Waals surface area contributed by atoms with Crippen LogP contribution in [0.15, 0.2) is 54.7 Å². The largest absolute Gasteiger partial charge is 0.378 e. The molecule has 10 heteroatoms. The molecule has 0 unspecified atom stereocenters. The highest BCUT2D eigenvalue weighted by Gasteiger charge is 2.13. The number of hydrogen-bond donors (Lipinski definition) is 3. The van der Waals surface area contributed by atoms with Crippen molar-refractivity contribution in [2.24, 2.45) is 0 Å². The molecule has 2 heterocycles. The number of aromatic nitrogens is 2. The molecule has 0 atom stereocenters. The van der Waals surface area contributed by atoms with Crippen LogP contribution >= 0.6 is 0 Å². The summed E-state index contributed by atoms with van der Waals surface area (Å²) < 4.78 is 32.2. The maximum atomic E-state index is 13.6. The van der Waals surface area contributed by atoms with Crippen LogP contribution in [-0.4, -0.2) is 42.5 Å². The molecule has 3 aromatic rings. The molecular weight excluding hydrogens is 406 g/mol. The Morgan fingerprint density at radius 1 is 0.968 bits per heavy atom. The predicted molar refractivity (Wildman–Crippen MR) is 114 cm³/mol. The molecule has 0 saturated carbocycles. The first-order valence-electron chi connectivity index (χ1n) is 9.62. The van der Waals surface area contributed by atoms with Gasteiger partial charge in [0.1, 0.15) is 11.6 Å². The third kappa shape index (κ3) is 5.43. The van der Waals surface area contributed by atoms with Crippen LogP contribution in [0.25, 0.3) is 0 Å². The molecule has 0 radical (unpaired) electrons. The molecule has 0 spiro atoms. The minimum absolute atomic E-state index is 0.241. The lowest BCUT2D eigenvalue weighted by atomic mass is 10.2. The van der Waals surface area contributed by atoms with E-state index in [4.69, 9.17) is 4.74 Å². The van der Waals surface area contributed by atoms with E-state index in [0.29, 0.717) is 24.7 Å². The number of carbonyl (C=O) groups excluding carboxylic acids is 1. The highest BCUT2D eigenvalue weighted by atomic mass is 19.1. The van der Waals surface area contributed by atoms with Crippen LogP contribution in [0.5, 0.6) is 0 Å². The summed E-state index contributed by atoms with van der Waals surface area (Å²) in [5.74, 6) is -0.784. The summed E-state index contributed by atoms with van der Waals surface area (Å²) in [6.45, 7) is 2.96. The van der Waals surface area contributed by atoms with Crippen LogP contribution in [0.1, 0.15) is 0 Å². The second-order valence-electron chi connectivity index (χ2n) is 6.80. The highest BCUT2D eigenvalue weighted by Crippen LogP contribution is 2.22. The number of nitrogens with one attached hydrogen (secondary N) is 3. The Morgan fingerprint density at radius 3 is 2.48 bits per heavy atom. The Labute approximate surface area is 177 Å². The first-order valence-corrected chi connectivity index (χ1v) is 9.62. The quantitative estimate of drug-likeness (QED) is 0.572. The third-order valence-electron chi connectivity index (χ3n) is 4.61. The van der Waals surface area contributed by atoms with Gasteiger partial charge in [0.25, 0.3) is 0 Å². The van der Waals surface area contributed by atoms with Crippen molar-refractivity contribution in [3.63, 3.8) is 0 Å². The number of carbonyl (C=O) groups is 1. The van der Waals surface area contributed by atoms with Gasteiger partial charge in [-0.25, -0.2) is 13.6 Å². The molecule has 4 rings (SSSR count). The zero-order valence-corrected chi connectivity index (χ0v) is 16.4. The second kappa shape index (κ2) is 9.35. The predicted octanol–water partition coefficient (Wildman–Crippen LogP) is 3.98. The Balaban J connectivity index is 1.36. The van der Waals surface area contributed by atoms with Crippen molar-refractivity contribution >= 4 is 34.6 Å². The van der Waals surface area contributed by atoms with Crippen molar-refractivity contribution in [2.45, 2.75) is 0 Å². The molecular formula is C21H20F2N6O2. The van der Waals surface area contributed by atoms with Crippen molar-refractivity contribution in [2.75, 3.05) is 47.2 Å². The number of benzene rings is 2. The van der Waals surface area contributed by atoms with Crippen molar-refractivity contribution in [3.8, 4) is 0 Å². The van der Waals surface area contributed by atoms with E-state index in [0.717, 1.165) is 42.7 Å². The van der Waals surface area contributed by atoms with Crippen molar-refractivity contribution in [1.29, 1.82) is 0 Å². The SMILES string of the molecule is O=C(Nc1ccc(Nc2cc(N3CCOCC3)cnn2)cc1)Nc1cc(F)ccc1F. The number of rotatable bonds is 5. The minimum atomic E-state index is -0.725. The van der Waals surface area contributed by atoms with Gasteiger partial charge in [0, 0.05) is 36.6 Å². The summed E-state index contributed by atoms with van der Waals surface area (Å²) in [5.41, 5.74) is 1.94. The molecule has 2 aromatic carbocycles. The lowest BCUT2D eigenvalue weighted by Gasteiger charge is -2.28. The fourth-order valence-electron chi connectivity index (χ4n) is 3.07. The molecule has 0 bridgehead atoms. The number of nitrogens with zero attached hydrogens (tertiary/aromatic N) is 3. The van der Waals surface area contributed by atoms with Crippen LogP contribution in [0.2, 0.25) is 0 Å². The van der Waals surface area contributed by atoms with E-state index in [2.05, 4.69) is 31.0 Å². The highest BCUT2D eigenvalue weighted by molar-refractivity contribution is 5.99. The van der Waals surface area contributed by atoms with Gasteiger partial charge in [-0.05, 0) is 36.4 Å². The minimum Gasteiger partial charge on any atom is -0.378 e. The van der Waals surface area contributed by atoms with Crippen LogP contribution in [0.3, 0.4) is 0 Å². The smallest absolute Gasteiger partial charge is 0.323 e. The topological polar surface area (TPSA) is 91.4 Å². The van der Waals surface area contributed by atoms with Gasteiger partial charge >= 0.3 is 6.03 Å². The summed E-state index contributed by atoms with van der Waals surface area (Å²) in [6, 6.07) is 10.9. The number of halogens is 2. The number of urea groups is 1. The number of anilines is 5. The number of hydrogen-bond acceptors (Lipinski definition) is 6. The number of amides is 2. The third-order valence-corrected chi connectivity index (χ3v) is 4.61. The summed E-state index contributed by atoms with van der Waals surface area (Å²) >= 11 is 0. The molecule has 8 nitrogen and oxygen atoms in total. The lowest BCUT2D eigenvalue weighted by Crippen LogP contribution is -2.36. The molecule has 1 fully saturated rings. The molecule has 3 N–H and O–H groups in total. The molecule has 160 valence electrons. The standard InChI is InChI=1S/C21H20F2N6O2/c22-14-1-6-18(23)19(11-14)27-21(30)26-16-4-2-15(3-5-16)25-20-12-17(13-24-28-20)29-7-9-31-10-8-29/h1-6,11-13H,7-10H2,(H,25,28)(H2,26,27,30). The van der Waals surface area contributed by atoms with Crippen LogP contribution in [-0.2, 0) is 4.74 Å². The maximum absolute atomic E-state index is 13.6. The lowest BCUT2D eigenvalue weighted by molar-refractivity contribution is 0.122. The number of morpholine rings is 1. The van der Waals surface area contributed by atoms with E-state index in [1.807, 2.05) is 6.07 Å². The first-order chi connectivity index (χ1) is 15.1. The Morgan fingerprint density at radius 2 is 1.71 bits per heavy atom. The summed E-state index contributed by atoms with van der Waals surface area (Å²) in [6.07, 6.45) is 1.71. The van der Waals surface area contributed by atoms with Gasteiger partial charge in [0.2, 0.25) is 0 Å². The Hall–Kier alpha value is -3.79. The molecule has 31 heavy (non-hydrogen) atoms. The Bertz CT molecular complexity index is 1060. The molecule has 1 saturated heterocycles.